The molecule has 0 aliphatic heterocycles. The van der Waals surface area contributed by atoms with Crippen molar-refractivity contribution in [2.45, 2.75) is 59.2 Å². The predicted molar refractivity (Wildman–Crippen MR) is 150 cm³/mol. The number of nitrogens with one attached hydrogen (secondary N) is 2. The van der Waals surface area contributed by atoms with Crippen molar-refractivity contribution in [3.63, 3.8) is 0 Å². The van der Waals surface area contributed by atoms with E-state index >= 15 is 0 Å². The Morgan fingerprint density at radius 1 is 1.05 bits per heavy atom. The lowest BCUT2D eigenvalue weighted by atomic mass is 10.0. The smallest absolute Gasteiger partial charge is 0.408 e. The van der Waals surface area contributed by atoms with Crippen LogP contribution < -0.4 is 16.3 Å². The molecule has 38 heavy (non-hydrogen) atoms. The molecule has 0 saturated heterocycles. The summed E-state index contributed by atoms with van der Waals surface area (Å²) in [6.07, 6.45) is 1.32. The number of pyridine rings is 1. The van der Waals surface area contributed by atoms with Crippen molar-refractivity contribution >= 4 is 23.6 Å². The van der Waals surface area contributed by atoms with E-state index in [-0.39, 0.29) is 31.0 Å². The van der Waals surface area contributed by atoms with Crippen LogP contribution in [0.1, 0.15) is 48.6 Å². The van der Waals surface area contributed by atoms with Crippen LogP contribution in [-0.4, -0.2) is 38.8 Å². The standard InChI is InChI=1S/C29H35ClN4O4/c1-20-13-15-34(32-14-12-21-8-6-5-7-9-21)27(36)25(20)17-26(35)31-18-23-16-24(30)11-10-22(23)19-33(28(37)38)29(2,3)4/h5-11,13,15-16,32H,12,14,17-19H2,1-4H3,(H,31,35)(H,37,38). The zero-order valence-electron chi connectivity index (χ0n) is 22.3. The maximum atomic E-state index is 13.1. The maximum Gasteiger partial charge on any atom is 0.408 e. The molecule has 0 aliphatic rings. The van der Waals surface area contributed by atoms with Crippen LogP contribution in [-0.2, 0) is 30.7 Å². The molecule has 0 unspecified atom stereocenters. The van der Waals surface area contributed by atoms with E-state index in [2.05, 4.69) is 10.7 Å². The minimum absolute atomic E-state index is 0.0784. The van der Waals surface area contributed by atoms with Crippen molar-refractivity contribution < 1.29 is 14.7 Å². The third-order valence-corrected chi connectivity index (χ3v) is 6.55. The fraction of sp³-hybridized carbons (Fsp3) is 0.345. The van der Waals surface area contributed by atoms with E-state index in [9.17, 15) is 19.5 Å². The number of aromatic nitrogens is 1. The highest BCUT2D eigenvalue weighted by atomic mass is 35.5. The topological polar surface area (TPSA) is 104 Å². The molecule has 202 valence electrons. The van der Waals surface area contributed by atoms with Gasteiger partial charge in [-0.15, -0.1) is 0 Å². The van der Waals surface area contributed by atoms with Gasteiger partial charge in [0.1, 0.15) is 0 Å². The second kappa shape index (κ2) is 12.6. The number of amides is 2. The lowest BCUT2D eigenvalue weighted by Gasteiger charge is -2.33. The van der Waals surface area contributed by atoms with Crippen LogP contribution in [0.4, 0.5) is 4.79 Å². The van der Waals surface area contributed by atoms with Gasteiger partial charge in [0.05, 0.1) is 6.42 Å². The van der Waals surface area contributed by atoms with Gasteiger partial charge in [0.25, 0.3) is 5.56 Å². The van der Waals surface area contributed by atoms with E-state index in [0.29, 0.717) is 22.7 Å². The van der Waals surface area contributed by atoms with Crippen molar-refractivity contribution in [2.24, 2.45) is 0 Å². The number of hydrogen-bond acceptors (Lipinski definition) is 4. The second-order valence-electron chi connectivity index (χ2n) is 10.2. The molecule has 0 bridgehead atoms. The number of halogens is 1. The molecule has 1 heterocycles. The van der Waals surface area contributed by atoms with Gasteiger partial charge in [-0.2, -0.15) is 0 Å². The SMILES string of the molecule is Cc1ccn(NCCc2ccccc2)c(=O)c1CC(=O)NCc1cc(Cl)ccc1CN(C(=O)O)C(C)(C)C. The summed E-state index contributed by atoms with van der Waals surface area (Å²) in [6, 6.07) is 17.0. The zero-order valence-corrected chi connectivity index (χ0v) is 23.0. The van der Waals surface area contributed by atoms with Gasteiger partial charge in [0.2, 0.25) is 5.91 Å². The van der Waals surface area contributed by atoms with E-state index in [0.717, 1.165) is 23.1 Å². The molecule has 3 N–H and O–H groups in total. The Morgan fingerprint density at radius 2 is 1.76 bits per heavy atom. The Kier molecular flexibility index (Phi) is 9.58. The van der Waals surface area contributed by atoms with Crippen molar-refractivity contribution in [1.82, 2.24) is 14.9 Å². The Bertz CT molecular complexity index is 1330. The Morgan fingerprint density at radius 3 is 2.42 bits per heavy atom. The summed E-state index contributed by atoms with van der Waals surface area (Å²) in [6.45, 7) is 8.15. The van der Waals surface area contributed by atoms with Crippen molar-refractivity contribution in [3.05, 3.63) is 104 Å². The van der Waals surface area contributed by atoms with Crippen LogP contribution in [0.3, 0.4) is 0 Å². The molecule has 0 atom stereocenters. The van der Waals surface area contributed by atoms with E-state index in [1.165, 1.54) is 9.58 Å². The molecule has 0 fully saturated rings. The predicted octanol–water partition coefficient (Wildman–Crippen LogP) is 4.73. The average Bonchev–Trinajstić information content (AvgIpc) is 2.85. The molecule has 3 aromatic rings. The lowest BCUT2D eigenvalue weighted by Crippen LogP contribution is -2.44. The van der Waals surface area contributed by atoms with E-state index in [1.807, 2.05) is 57.2 Å². The van der Waals surface area contributed by atoms with Gasteiger partial charge >= 0.3 is 6.09 Å². The molecule has 0 radical (unpaired) electrons. The summed E-state index contributed by atoms with van der Waals surface area (Å²) < 4.78 is 1.42. The van der Waals surface area contributed by atoms with E-state index in [4.69, 9.17) is 11.6 Å². The van der Waals surface area contributed by atoms with Gasteiger partial charge in [0, 0.05) is 42.0 Å². The van der Waals surface area contributed by atoms with Gasteiger partial charge in [0.15, 0.2) is 0 Å². The molecule has 2 aromatic carbocycles. The minimum atomic E-state index is -1.03. The maximum absolute atomic E-state index is 13.1. The third-order valence-electron chi connectivity index (χ3n) is 6.32. The van der Waals surface area contributed by atoms with Crippen LogP contribution in [0.5, 0.6) is 0 Å². The lowest BCUT2D eigenvalue weighted by molar-refractivity contribution is -0.120. The number of benzene rings is 2. The van der Waals surface area contributed by atoms with Gasteiger partial charge in [-0.3, -0.25) is 14.5 Å². The molecule has 0 aliphatic carbocycles. The highest BCUT2D eigenvalue weighted by Crippen LogP contribution is 2.22. The van der Waals surface area contributed by atoms with Crippen LogP contribution in [0.25, 0.3) is 0 Å². The molecule has 3 rings (SSSR count). The zero-order chi connectivity index (χ0) is 27.9. The number of carbonyl (C=O) groups is 2. The van der Waals surface area contributed by atoms with Gasteiger partial charge in [-0.05, 0) is 74.6 Å². The van der Waals surface area contributed by atoms with Gasteiger partial charge in [-0.25, -0.2) is 9.47 Å². The Balaban J connectivity index is 1.67. The average molecular weight is 539 g/mol. The highest BCUT2D eigenvalue weighted by Gasteiger charge is 2.27. The molecule has 8 nitrogen and oxygen atoms in total. The second-order valence-corrected chi connectivity index (χ2v) is 10.6. The Labute approximate surface area is 228 Å². The molecule has 2 amide bonds. The molecular formula is C29H35ClN4O4. The summed E-state index contributed by atoms with van der Waals surface area (Å²) in [5, 5.41) is 13.0. The summed E-state index contributed by atoms with van der Waals surface area (Å²) in [5.74, 6) is -0.316. The molecule has 0 saturated carbocycles. The number of aryl methyl sites for hydroxylation is 1. The minimum Gasteiger partial charge on any atom is -0.465 e. The number of nitrogens with zero attached hydrogens (tertiary/aromatic N) is 2. The fourth-order valence-corrected chi connectivity index (χ4v) is 4.26. The van der Waals surface area contributed by atoms with Crippen molar-refractivity contribution in [2.75, 3.05) is 12.0 Å². The first kappa shape index (κ1) is 28.8. The van der Waals surface area contributed by atoms with E-state index in [1.54, 1.807) is 31.3 Å². The largest absolute Gasteiger partial charge is 0.465 e. The third kappa shape index (κ3) is 7.86. The van der Waals surface area contributed by atoms with Crippen molar-refractivity contribution in [1.29, 1.82) is 0 Å². The van der Waals surface area contributed by atoms with Gasteiger partial charge in [-0.1, -0.05) is 48.0 Å². The number of carboxylic acid groups (broad SMARTS) is 1. The van der Waals surface area contributed by atoms with Crippen LogP contribution >= 0.6 is 11.6 Å². The van der Waals surface area contributed by atoms with Crippen LogP contribution in [0.15, 0.2) is 65.6 Å². The first-order valence-electron chi connectivity index (χ1n) is 12.5. The summed E-state index contributed by atoms with van der Waals surface area (Å²) >= 11 is 6.20. The monoisotopic (exact) mass is 538 g/mol. The van der Waals surface area contributed by atoms with Crippen molar-refractivity contribution in [3.8, 4) is 0 Å². The summed E-state index contributed by atoms with van der Waals surface area (Å²) in [5.41, 5.74) is 6.01. The number of carbonyl (C=O) groups excluding carboxylic acids is 1. The first-order chi connectivity index (χ1) is 18.0. The van der Waals surface area contributed by atoms with Gasteiger partial charge < -0.3 is 15.8 Å². The normalized spacial score (nSPS) is 11.2. The number of hydrogen-bond donors (Lipinski definition) is 3. The van der Waals surface area contributed by atoms with Crippen LogP contribution in [0, 0.1) is 6.92 Å². The Hall–Kier alpha value is -3.78. The molecule has 0 spiro atoms. The molecular weight excluding hydrogens is 504 g/mol. The summed E-state index contributed by atoms with van der Waals surface area (Å²) in [4.78, 5) is 39.1. The number of rotatable bonds is 10. The quantitative estimate of drug-likeness (QED) is 0.346. The van der Waals surface area contributed by atoms with Crippen LogP contribution in [0.2, 0.25) is 5.02 Å². The molecule has 9 heteroatoms. The fourth-order valence-electron chi connectivity index (χ4n) is 4.07. The first-order valence-corrected chi connectivity index (χ1v) is 12.9. The highest BCUT2D eigenvalue weighted by molar-refractivity contribution is 6.30. The molecule has 1 aromatic heterocycles. The summed E-state index contributed by atoms with van der Waals surface area (Å²) in [7, 11) is 0. The van der Waals surface area contributed by atoms with E-state index < -0.39 is 11.6 Å².